The molecule has 0 heterocycles. The molecular formula is C16H42N2O6P2+2. The van der Waals surface area contributed by atoms with Crippen LogP contribution in [0.15, 0.2) is 0 Å². The lowest BCUT2D eigenvalue weighted by Crippen LogP contribution is -2.07. The zero-order chi connectivity index (χ0) is 18.8. The van der Waals surface area contributed by atoms with Crippen molar-refractivity contribution in [2.45, 2.75) is 79.1 Å². The second-order valence-corrected chi connectivity index (χ2v) is 7.28. The van der Waals surface area contributed by atoms with Crippen LogP contribution < -0.4 is 22.1 Å². The SMILES string of the molecule is CCCCC(CC)CO[P+](=O)[O-].CCCCC(CC)CO[P+](=O)[O-].[NH4+].[NH4+]. The van der Waals surface area contributed by atoms with E-state index < -0.39 is 16.5 Å². The van der Waals surface area contributed by atoms with Crippen molar-refractivity contribution in [3.63, 3.8) is 0 Å². The lowest BCUT2D eigenvalue weighted by molar-refractivity contribution is -0.187. The molecule has 0 spiro atoms. The first kappa shape index (κ1) is 33.5. The second kappa shape index (κ2) is 25.0. The highest BCUT2D eigenvalue weighted by atomic mass is 31.1. The summed E-state index contributed by atoms with van der Waals surface area (Å²) in [7, 11) is -5.31. The predicted octanol–water partition coefficient (Wildman–Crippen LogP) is 5.23. The molecule has 0 fully saturated rings. The van der Waals surface area contributed by atoms with Gasteiger partial charge in [0.1, 0.15) is 13.2 Å². The summed E-state index contributed by atoms with van der Waals surface area (Å²) in [5.74, 6) is 0.802. The largest absolute Gasteiger partial charge is 0.566 e. The molecule has 0 amide bonds. The Morgan fingerprint density at radius 1 is 0.731 bits per heavy atom. The molecule has 0 aromatic heterocycles. The van der Waals surface area contributed by atoms with Gasteiger partial charge in [0, 0.05) is 0 Å². The van der Waals surface area contributed by atoms with Gasteiger partial charge in [-0.15, -0.1) is 9.05 Å². The molecular weight excluding hydrogens is 378 g/mol. The summed E-state index contributed by atoms with van der Waals surface area (Å²) < 4.78 is 29.3. The van der Waals surface area contributed by atoms with Gasteiger partial charge in [-0.25, -0.2) is 0 Å². The van der Waals surface area contributed by atoms with Crippen molar-refractivity contribution in [2.75, 3.05) is 13.2 Å². The maximum Gasteiger partial charge on any atom is 0.488 e. The summed E-state index contributed by atoms with van der Waals surface area (Å²) in [6.07, 6.45) is 8.72. The summed E-state index contributed by atoms with van der Waals surface area (Å²) in [6.45, 7) is 9.08. The second-order valence-electron chi connectivity index (χ2n) is 5.87. The van der Waals surface area contributed by atoms with E-state index in [0.717, 1.165) is 51.4 Å². The molecule has 0 aromatic rings. The smallest absolute Gasteiger partial charge is 0.488 e. The number of quaternary nitrogens is 2. The van der Waals surface area contributed by atoms with E-state index in [2.05, 4.69) is 36.7 Å². The zero-order valence-electron chi connectivity index (χ0n) is 17.6. The van der Waals surface area contributed by atoms with Crippen LogP contribution in [0.4, 0.5) is 0 Å². The van der Waals surface area contributed by atoms with Gasteiger partial charge in [0.2, 0.25) is 0 Å². The van der Waals surface area contributed by atoms with E-state index >= 15 is 0 Å². The van der Waals surface area contributed by atoms with Crippen LogP contribution >= 0.6 is 16.5 Å². The van der Waals surface area contributed by atoms with Gasteiger partial charge in [0.15, 0.2) is 0 Å². The average Bonchev–Trinajstić information content (AvgIpc) is 2.55. The van der Waals surface area contributed by atoms with Crippen molar-refractivity contribution < 1.29 is 28.0 Å². The fraction of sp³-hybridized carbons (Fsp3) is 1.00. The van der Waals surface area contributed by atoms with Crippen LogP contribution in [0.25, 0.3) is 0 Å². The third kappa shape index (κ3) is 26.2. The highest BCUT2D eigenvalue weighted by molar-refractivity contribution is 7.30. The Morgan fingerprint density at radius 3 is 1.23 bits per heavy atom. The molecule has 0 rings (SSSR count). The molecule has 160 valence electrons. The summed E-state index contributed by atoms with van der Waals surface area (Å²) in [5, 5.41) is 0. The van der Waals surface area contributed by atoms with Crippen molar-refractivity contribution in [2.24, 2.45) is 11.8 Å². The molecule has 0 saturated heterocycles. The monoisotopic (exact) mass is 420 g/mol. The topological polar surface area (TPSA) is 172 Å². The third-order valence-corrected chi connectivity index (χ3v) is 4.64. The van der Waals surface area contributed by atoms with Crippen LogP contribution in [0, 0.1) is 11.8 Å². The van der Waals surface area contributed by atoms with Crippen molar-refractivity contribution in [1.29, 1.82) is 0 Å². The van der Waals surface area contributed by atoms with E-state index in [1.807, 2.05) is 0 Å². The predicted molar refractivity (Wildman–Crippen MR) is 106 cm³/mol. The van der Waals surface area contributed by atoms with Crippen LogP contribution in [0.3, 0.4) is 0 Å². The Morgan fingerprint density at radius 2 is 1.04 bits per heavy atom. The molecule has 8 nitrogen and oxygen atoms in total. The Hall–Kier alpha value is -0.0400. The average molecular weight is 420 g/mol. The molecule has 0 aliphatic rings. The van der Waals surface area contributed by atoms with Gasteiger partial charge < -0.3 is 22.1 Å². The first-order valence-electron chi connectivity index (χ1n) is 8.95. The number of hydrogen-bond donors (Lipinski definition) is 2. The minimum absolute atomic E-state index is 0. The Kier molecular flexibility index (Phi) is 32.2. The lowest BCUT2D eigenvalue weighted by atomic mass is 10.0. The highest BCUT2D eigenvalue weighted by Crippen LogP contribution is 2.19. The number of unbranched alkanes of at least 4 members (excludes halogenated alkanes) is 2. The van der Waals surface area contributed by atoms with Gasteiger partial charge in [-0.3, -0.25) is 0 Å². The standard InChI is InChI=1S/2C8H17O3P.2H3N/c2*1-3-5-6-8(4-2)7-11-12(9)10;;/h2*8H,3-7H2,1-2H3;2*1H3/p+2. The third-order valence-electron chi connectivity index (χ3n) is 3.92. The van der Waals surface area contributed by atoms with E-state index in [0.29, 0.717) is 25.0 Å². The molecule has 26 heavy (non-hydrogen) atoms. The molecule has 4 unspecified atom stereocenters. The Labute approximate surface area is 161 Å². The van der Waals surface area contributed by atoms with E-state index in [9.17, 15) is 18.9 Å². The van der Waals surface area contributed by atoms with Gasteiger partial charge >= 0.3 is 16.5 Å². The molecule has 8 N–H and O–H groups in total. The molecule has 0 aromatic carbocycles. The summed E-state index contributed by atoms with van der Waals surface area (Å²) >= 11 is 0. The van der Waals surface area contributed by atoms with Crippen LogP contribution in [-0.2, 0) is 18.2 Å². The maximum atomic E-state index is 10.1. The molecule has 4 atom stereocenters. The minimum atomic E-state index is -2.65. The van der Waals surface area contributed by atoms with E-state index in [1.165, 1.54) is 0 Å². The summed E-state index contributed by atoms with van der Waals surface area (Å²) in [4.78, 5) is 20.2. The quantitative estimate of drug-likeness (QED) is 0.364. The molecule has 0 aliphatic carbocycles. The molecule has 0 bridgehead atoms. The van der Waals surface area contributed by atoms with Gasteiger partial charge in [-0.05, 0) is 33.8 Å². The Bertz CT molecular complexity index is 295. The zero-order valence-corrected chi connectivity index (χ0v) is 19.4. The van der Waals surface area contributed by atoms with Crippen LogP contribution in [0.1, 0.15) is 79.1 Å². The van der Waals surface area contributed by atoms with Crippen LogP contribution in [-0.4, -0.2) is 13.2 Å². The van der Waals surface area contributed by atoms with E-state index in [4.69, 9.17) is 0 Å². The Balaban J connectivity index is -0.000000173. The highest BCUT2D eigenvalue weighted by Gasteiger charge is 2.11. The molecule has 10 heteroatoms. The summed E-state index contributed by atoms with van der Waals surface area (Å²) in [6, 6.07) is 0. The number of rotatable bonds is 14. The van der Waals surface area contributed by atoms with Gasteiger partial charge in [0.25, 0.3) is 0 Å². The summed E-state index contributed by atoms with van der Waals surface area (Å²) in [5.41, 5.74) is 0. The maximum absolute atomic E-state index is 10.1. The van der Waals surface area contributed by atoms with Gasteiger partial charge in [-0.2, -0.15) is 0 Å². The first-order chi connectivity index (χ1) is 11.4. The van der Waals surface area contributed by atoms with Gasteiger partial charge in [-0.1, -0.05) is 66.2 Å². The minimum Gasteiger partial charge on any atom is -0.566 e. The van der Waals surface area contributed by atoms with Crippen molar-refractivity contribution in [3.05, 3.63) is 0 Å². The number of hydrogen-bond acceptors (Lipinski definition) is 6. The van der Waals surface area contributed by atoms with Crippen molar-refractivity contribution in [3.8, 4) is 0 Å². The normalized spacial score (nSPS) is 13.3. The first-order valence-corrected chi connectivity index (χ1v) is 11.1. The van der Waals surface area contributed by atoms with Crippen LogP contribution in [0.5, 0.6) is 0 Å². The van der Waals surface area contributed by atoms with E-state index in [-0.39, 0.29) is 12.3 Å². The van der Waals surface area contributed by atoms with Crippen molar-refractivity contribution in [1.82, 2.24) is 12.3 Å². The molecule has 0 aliphatic heterocycles. The molecule has 0 saturated carbocycles. The van der Waals surface area contributed by atoms with Gasteiger partial charge in [0.05, 0.1) is 0 Å². The lowest BCUT2D eigenvalue weighted by Gasteiger charge is -2.09. The van der Waals surface area contributed by atoms with Crippen LogP contribution in [0.2, 0.25) is 0 Å². The van der Waals surface area contributed by atoms with Crippen molar-refractivity contribution >= 4 is 16.5 Å². The van der Waals surface area contributed by atoms with E-state index in [1.54, 1.807) is 0 Å². The fourth-order valence-corrected chi connectivity index (χ4v) is 2.79. The fourth-order valence-electron chi connectivity index (χ4n) is 2.13. The molecule has 0 radical (unpaired) electrons.